The van der Waals surface area contributed by atoms with Crippen LogP contribution in [-0.4, -0.2) is 43.2 Å². The first-order valence-corrected chi connectivity index (χ1v) is 10.1. The van der Waals surface area contributed by atoms with Crippen LogP contribution in [0.15, 0.2) is 29.3 Å². The molecule has 1 N–H and O–H groups in total. The molecule has 0 aromatic carbocycles. The average Bonchev–Trinajstić information content (AvgIpc) is 3.25. The van der Waals surface area contributed by atoms with Crippen LogP contribution in [-0.2, 0) is 0 Å². The summed E-state index contributed by atoms with van der Waals surface area (Å²) in [6.07, 6.45) is 3.07. The molecular formula is C18H16ClFN6OS. The van der Waals surface area contributed by atoms with Gasteiger partial charge in [0.1, 0.15) is 17.0 Å². The topological polar surface area (TPSA) is 76.6 Å². The van der Waals surface area contributed by atoms with Crippen LogP contribution in [0, 0.1) is 6.92 Å². The van der Waals surface area contributed by atoms with E-state index in [0.717, 1.165) is 17.0 Å². The summed E-state index contributed by atoms with van der Waals surface area (Å²) in [6, 6.07) is 3.28. The summed E-state index contributed by atoms with van der Waals surface area (Å²) >= 11 is 7.33. The maximum atomic E-state index is 14.3. The third kappa shape index (κ3) is 2.90. The second-order valence-electron chi connectivity index (χ2n) is 6.93. The molecule has 1 fully saturated rings. The number of hydrogen-bond donors (Lipinski definition) is 1. The van der Waals surface area contributed by atoms with E-state index < -0.39 is 6.17 Å². The summed E-state index contributed by atoms with van der Waals surface area (Å²) in [5, 5.41) is 7.88. The Morgan fingerprint density at radius 3 is 2.96 bits per heavy atom. The van der Waals surface area contributed by atoms with Crippen molar-refractivity contribution in [2.24, 2.45) is 0 Å². The van der Waals surface area contributed by atoms with E-state index in [9.17, 15) is 9.18 Å². The summed E-state index contributed by atoms with van der Waals surface area (Å²) in [7, 11) is 0. The lowest BCUT2D eigenvalue weighted by molar-refractivity contribution is 0.233. The predicted octanol–water partition coefficient (Wildman–Crippen LogP) is 2.84. The molecule has 1 aliphatic heterocycles. The van der Waals surface area contributed by atoms with Gasteiger partial charge in [-0.3, -0.25) is 9.20 Å². The molecule has 10 heteroatoms. The SMILES string of the molecule is Cc1cc(-c2cc(=O)n3cc([C@@H]4CCNC[C@@H]4F)sc3n2)nn2cc(Cl)nc12. The summed E-state index contributed by atoms with van der Waals surface area (Å²) < 4.78 is 17.4. The average molecular weight is 419 g/mol. The Balaban J connectivity index is 1.62. The molecule has 0 bridgehead atoms. The van der Waals surface area contributed by atoms with Gasteiger partial charge >= 0.3 is 0 Å². The molecule has 0 spiro atoms. The molecule has 4 aromatic heterocycles. The second kappa shape index (κ2) is 6.61. The molecule has 144 valence electrons. The summed E-state index contributed by atoms with van der Waals surface area (Å²) in [5.74, 6) is -0.208. The van der Waals surface area contributed by atoms with Crippen molar-refractivity contribution in [2.45, 2.75) is 25.4 Å². The number of aromatic nitrogens is 5. The van der Waals surface area contributed by atoms with Gasteiger partial charge in [0.05, 0.1) is 11.9 Å². The number of nitrogens with one attached hydrogen (secondary N) is 1. The largest absolute Gasteiger partial charge is 0.314 e. The minimum absolute atomic E-state index is 0.208. The fourth-order valence-electron chi connectivity index (χ4n) is 3.59. The third-order valence-corrected chi connectivity index (χ3v) is 6.30. The number of hydrogen-bond acceptors (Lipinski definition) is 6. The van der Waals surface area contributed by atoms with E-state index in [-0.39, 0.29) is 11.5 Å². The zero-order valence-electron chi connectivity index (χ0n) is 14.9. The van der Waals surface area contributed by atoms with Crippen LogP contribution in [0.1, 0.15) is 22.8 Å². The summed E-state index contributed by atoms with van der Waals surface area (Å²) in [6.45, 7) is 3.00. The lowest BCUT2D eigenvalue weighted by Crippen LogP contribution is -2.36. The van der Waals surface area contributed by atoms with Crippen LogP contribution >= 0.6 is 22.9 Å². The number of piperidine rings is 1. The lowest BCUT2D eigenvalue weighted by Gasteiger charge is -2.25. The zero-order valence-corrected chi connectivity index (χ0v) is 16.5. The van der Waals surface area contributed by atoms with Crippen molar-refractivity contribution in [3.05, 3.63) is 50.5 Å². The van der Waals surface area contributed by atoms with Gasteiger partial charge in [0.15, 0.2) is 10.6 Å². The number of nitrogens with zero attached hydrogens (tertiary/aromatic N) is 5. The van der Waals surface area contributed by atoms with E-state index >= 15 is 0 Å². The van der Waals surface area contributed by atoms with Gasteiger partial charge in [-0.05, 0) is 31.5 Å². The molecule has 0 amide bonds. The van der Waals surface area contributed by atoms with Crippen molar-refractivity contribution in [3.8, 4) is 11.4 Å². The Hall–Kier alpha value is -2.36. The minimum Gasteiger partial charge on any atom is -0.314 e. The number of thiazole rings is 1. The van der Waals surface area contributed by atoms with E-state index in [1.165, 1.54) is 21.8 Å². The molecule has 7 nitrogen and oxygen atoms in total. The van der Waals surface area contributed by atoms with Crippen molar-refractivity contribution >= 4 is 33.5 Å². The van der Waals surface area contributed by atoms with Crippen molar-refractivity contribution in [1.29, 1.82) is 0 Å². The van der Waals surface area contributed by atoms with E-state index in [1.807, 2.05) is 13.0 Å². The first kappa shape index (κ1) is 17.7. The maximum absolute atomic E-state index is 14.3. The quantitative estimate of drug-likeness (QED) is 0.541. The van der Waals surface area contributed by atoms with E-state index in [2.05, 4.69) is 20.4 Å². The number of rotatable bonds is 2. The Labute approximate surface area is 167 Å². The van der Waals surface area contributed by atoms with E-state index in [4.69, 9.17) is 11.6 Å². The molecule has 4 aromatic rings. The van der Waals surface area contributed by atoms with Gasteiger partial charge in [0.2, 0.25) is 0 Å². The van der Waals surface area contributed by atoms with Crippen molar-refractivity contribution in [1.82, 2.24) is 29.3 Å². The number of fused-ring (bicyclic) bond motifs is 2. The monoisotopic (exact) mass is 418 g/mol. The van der Waals surface area contributed by atoms with Gasteiger partial charge in [-0.2, -0.15) is 5.10 Å². The number of imidazole rings is 1. The maximum Gasteiger partial charge on any atom is 0.259 e. The molecule has 0 unspecified atom stereocenters. The normalized spacial score (nSPS) is 20.2. The van der Waals surface area contributed by atoms with Crippen molar-refractivity contribution < 1.29 is 4.39 Å². The Bertz CT molecular complexity index is 1260. The van der Waals surface area contributed by atoms with Crippen molar-refractivity contribution in [2.75, 3.05) is 13.1 Å². The highest BCUT2D eigenvalue weighted by molar-refractivity contribution is 7.17. The molecule has 28 heavy (non-hydrogen) atoms. The number of aryl methyl sites for hydroxylation is 1. The van der Waals surface area contributed by atoms with Crippen LogP contribution < -0.4 is 10.9 Å². The smallest absolute Gasteiger partial charge is 0.259 e. The molecule has 5 rings (SSSR count). The molecule has 0 radical (unpaired) electrons. The number of halogens is 2. The van der Waals surface area contributed by atoms with Crippen LogP contribution in [0.4, 0.5) is 4.39 Å². The van der Waals surface area contributed by atoms with Gasteiger partial charge in [0, 0.05) is 29.6 Å². The minimum atomic E-state index is -0.963. The summed E-state index contributed by atoms with van der Waals surface area (Å²) in [4.78, 5) is 22.9. The molecule has 0 aliphatic carbocycles. The fourth-order valence-corrected chi connectivity index (χ4v) is 4.94. The van der Waals surface area contributed by atoms with Gasteiger partial charge in [-0.15, -0.1) is 11.3 Å². The zero-order chi connectivity index (χ0) is 19.4. The van der Waals surface area contributed by atoms with Gasteiger partial charge in [-0.1, -0.05) is 11.6 Å². The Morgan fingerprint density at radius 1 is 1.29 bits per heavy atom. The van der Waals surface area contributed by atoms with Crippen LogP contribution in [0.3, 0.4) is 0 Å². The molecule has 2 atom stereocenters. The highest BCUT2D eigenvalue weighted by atomic mass is 35.5. The molecule has 5 heterocycles. The lowest BCUT2D eigenvalue weighted by atomic mass is 9.95. The van der Waals surface area contributed by atoms with Crippen LogP contribution in [0.25, 0.3) is 22.0 Å². The van der Waals surface area contributed by atoms with E-state index in [0.29, 0.717) is 40.1 Å². The van der Waals surface area contributed by atoms with Gasteiger partial charge in [0.25, 0.3) is 5.56 Å². The van der Waals surface area contributed by atoms with Crippen LogP contribution in [0.2, 0.25) is 5.15 Å². The second-order valence-corrected chi connectivity index (χ2v) is 8.35. The predicted molar refractivity (Wildman–Crippen MR) is 106 cm³/mol. The molecular weight excluding hydrogens is 403 g/mol. The first-order valence-electron chi connectivity index (χ1n) is 8.90. The highest BCUT2D eigenvalue weighted by Gasteiger charge is 2.28. The van der Waals surface area contributed by atoms with Crippen LogP contribution in [0.5, 0.6) is 0 Å². The van der Waals surface area contributed by atoms with E-state index in [1.54, 1.807) is 16.9 Å². The molecule has 0 saturated carbocycles. The Morgan fingerprint density at radius 2 is 2.14 bits per heavy atom. The summed E-state index contributed by atoms with van der Waals surface area (Å²) in [5.41, 5.74) is 2.34. The standard InChI is InChI=1S/C18H16ClFN6OS/c1-9-4-13(24-26-8-15(19)23-17(9)26)12-5-16(27)25-7-14(28-18(25)22-12)10-2-3-21-6-11(10)20/h4-5,7-8,10-11,21H,2-3,6H2,1H3/t10-,11+/m1/s1. The molecule has 1 saturated heterocycles. The van der Waals surface area contributed by atoms with Crippen molar-refractivity contribution in [3.63, 3.8) is 0 Å². The Kier molecular flexibility index (Phi) is 4.18. The molecule has 1 aliphatic rings. The van der Waals surface area contributed by atoms with Gasteiger partial charge < -0.3 is 5.32 Å². The van der Waals surface area contributed by atoms with Gasteiger partial charge in [-0.25, -0.2) is 18.9 Å². The first-order chi connectivity index (χ1) is 13.5. The highest BCUT2D eigenvalue weighted by Crippen LogP contribution is 2.32. The fraction of sp³-hybridized carbons (Fsp3) is 0.333. The third-order valence-electron chi connectivity index (χ3n) is 5.00. The number of alkyl halides is 1.